The molecule has 0 atom stereocenters. The first kappa shape index (κ1) is 19.5. The zero-order valence-electron chi connectivity index (χ0n) is 17.9. The highest BCUT2D eigenvalue weighted by Gasteiger charge is 2.66. The number of hydrogen-bond donors (Lipinski definition) is 1. The van der Waals surface area contributed by atoms with Gasteiger partial charge in [-0.05, 0) is 93.4 Å². The molecule has 1 aliphatic heterocycles. The molecule has 0 radical (unpaired) electrons. The van der Waals surface area contributed by atoms with Crippen LogP contribution in [0.3, 0.4) is 0 Å². The Labute approximate surface area is 179 Å². The van der Waals surface area contributed by atoms with E-state index in [0.717, 1.165) is 49.7 Å². The maximum Gasteiger partial charge on any atom is 0.210 e. The Hall–Kier alpha value is -1.14. The lowest BCUT2D eigenvalue weighted by atomic mass is 9.53. The molecule has 6 fully saturated rings. The minimum atomic E-state index is -0.527. The molecule has 2 N–H and O–H groups in total. The van der Waals surface area contributed by atoms with Gasteiger partial charge in [-0.2, -0.15) is 9.78 Å². The maximum atomic E-state index is 6.85. The first-order chi connectivity index (χ1) is 14.7. The minimum Gasteiger partial charge on any atom is -0.494 e. The Morgan fingerprint density at radius 2 is 1.70 bits per heavy atom. The molecule has 5 heteroatoms. The topological polar surface area (TPSA) is 62.9 Å². The summed E-state index contributed by atoms with van der Waals surface area (Å²) in [5.41, 5.74) is 6.93. The van der Waals surface area contributed by atoms with E-state index in [9.17, 15) is 0 Å². The number of nitrogens with two attached hydrogens (primary N) is 1. The van der Waals surface area contributed by atoms with Crippen LogP contribution in [0.25, 0.3) is 0 Å². The Bertz CT molecular complexity index is 744. The molecule has 1 aromatic carbocycles. The predicted molar refractivity (Wildman–Crippen MR) is 113 cm³/mol. The molecule has 2 spiro atoms. The fraction of sp³-hybridized carbons (Fsp3) is 0.760. The van der Waals surface area contributed by atoms with E-state index in [0.29, 0.717) is 30.9 Å². The standard InChI is InChI=1S/C25H35NO4/c26-9-2-10-27-23-4-1-3-20(16-23)19-5-7-24(8-6-19)28-25(30-29-24)21-12-17-11-18(14-21)15-22(25)13-17/h1,3-4,16-19,21-22H,2,5-15,26H2. The number of benzene rings is 1. The summed E-state index contributed by atoms with van der Waals surface area (Å²) in [4.78, 5) is 12.2. The lowest BCUT2D eigenvalue weighted by Crippen LogP contribution is -2.59. The smallest absolute Gasteiger partial charge is 0.210 e. The summed E-state index contributed by atoms with van der Waals surface area (Å²) in [5.74, 6) is 3.37. The van der Waals surface area contributed by atoms with Gasteiger partial charge in [0.2, 0.25) is 11.6 Å². The quantitative estimate of drug-likeness (QED) is 0.549. The van der Waals surface area contributed by atoms with Gasteiger partial charge in [-0.25, -0.2) is 0 Å². The zero-order chi connectivity index (χ0) is 20.2. The molecule has 30 heavy (non-hydrogen) atoms. The molecule has 5 saturated carbocycles. The largest absolute Gasteiger partial charge is 0.494 e. The molecular weight excluding hydrogens is 378 g/mol. The molecule has 0 unspecified atom stereocenters. The van der Waals surface area contributed by atoms with E-state index in [-0.39, 0.29) is 0 Å². The Morgan fingerprint density at radius 3 is 2.40 bits per heavy atom. The van der Waals surface area contributed by atoms with Crippen molar-refractivity contribution in [1.29, 1.82) is 0 Å². The summed E-state index contributed by atoms with van der Waals surface area (Å²) < 4.78 is 12.7. The number of hydrogen-bond acceptors (Lipinski definition) is 5. The van der Waals surface area contributed by atoms with Crippen LogP contribution in [0.2, 0.25) is 0 Å². The molecule has 5 aliphatic carbocycles. The summed E-state index contributed by atoms with van der Waals surface area (Å²) >= 11 is 0. The van der Waals surface area contributed by atoms with Crippen molar-refractivity contribution in [3.8, 4) is 5.75 Å². The van der Waals surface area contributed by atoms with Gasteiger partial charge in [-0.3, -0.25) is 0 Å². The van der Waals surface area contributed by atoms with Crippen molar-refractivity contribution in [3.05, 3.63) is 29.8 Å². The van der Waals surface area contributed by atoms with Gasteiger partial charge >= 0.3 is 0 Å². The summed E-state index contributed by atoms with van der Waals surface area (Å²) in [6.45, 7) is 1.34. The van der Waals surface area contributed by atoms with Crippen molar-refractivity contribution in [2.45, 2.75) is 81.7 Å². The van der Waals surface area contributed by atoms with E-state index in [2.05, 4.69) is 18.2 Å². The third-order valence-electron chi connectivity index (χ3n) is 8.64. The molecule has 0 amide bonds. The van der Waals surface area contributed by atoms with Crippen LogP contribution in [0.1, 0.15) is 75.7 Å². The number of ether oxygens (including phenoxy) is 2. The second-order valence-electron chi connectivity index (χ2n) is 10.5. The first-order valence-electron chi connectivity index (χ1n) is 12.2. The third-order valence-corrected chi connectivity index (χ3v) is 8.64. The van der Waals surface area contributed by atoms with Crippen LogP contribution >= 0.6 is 0 Å². The fourth-order valence-electron chi connectivity index (χ4n) is 7.32. The molecule has 1 aromatic rings. The lowest BCUT2D eigenvalue weighted by molar-refractivity contribution is -0.390. The first-order valence-corrected chi connectivity index (χ1v) is 12.2. The van der Waals surface area contributed by atoms with E-state index >= 15 is 0 Å². The van der Waals surface area contributed by atoms with Crippen molar-refractivity contribution in [1.82, 2.24) is 0 Å². The summed E-state index contributed by atoms with van der Waals surface area (Å²) in [7, 11) is 0. The maximum absolute atomic E-state index is 6.85. The SMILES string of the molecule is NCCCOc1cccc(C2CCC3(CC2)OOC2(O3)C3CC4CC(C3)CC2C4)c1. The van der Waals surface area contributed by atoms with Gasteiger partial charge < -0.3 is 15.2 Å². The molecular formula is C25H35NO4. The van der Waals surface area contributed by atoms with Gasteiger partial charge in [0.25, 0.3) is 0 Å². The van der Waals surface area contributed by atoms with Crippen LogP contribution in [-0.2, 0) is 14.5 Å². The second kappa shape index (κ2) is 7.47. The van der Waals surface area contributed by atoms with Crippen LogP contribution in [0.5, 0.6) is 5.75 Å². The highest BCUT2D eigenvalue weighted by Crippen LogP contribution is 2.64. The molecule has 1 saturated heterocycles. The Kier molecular flexibility index (Phi) is 4.87. The molecule has 164 valence electrons. The van der Waals surface area contributed by atoms with Gasteiger partial charge in [0.15, 0.2) is 0 Å². The summed E-state index contributed by atoms with van der Waals surface area (Å²) in [6, 6.07) is 8.57. The van der Waals surface area contributed by atoms with Gasteiger partial charge in [0.1, 0.15) is 5.75 Å². The van der Waals surface area contributed by atoms with Crippen molar-refractivity contribution >= 4 is 0 Å². The van der Waals surface area contributed by atoms with E-state index in [1.54, 1.807) is 0 Å². The molecule has 1 heterocycles. The van der Waals surface area contributed by atoms with Crippen LogP contribution < -0.4 is 10.5 Å². The van der Waals surface area contributed by atoms with Crippen LogP contribution in [-0.4, -0.2) is 24.7 Å². The molecule has 4 bridgehead atoms. The Morgan fingerprint density at radius 1 is 0.967 bits per heavy atom. The molecule has 7 rings (SSSR count). The van der Waals surface area contributed by atoms with Crippen LogP contribution in [0.15, 0.2) is 24.3 Å². The number of rotatable bonds is 5. The van der Waals surface area contributed by atoms with Crippen molar-refractivity contribution in [3.63, 3.8) is 0 Å². The predicted octanol–water partition coefficient (Wildman–Crippen LogP) is 4.90. The summed E-state index contributed by atoms with van der Waals surface area (Å²) in [6.07, 6.45) is 11.3. The van der Waals surface area contributed by atoms with E-state index in [1.165, 1.54) is 37.7 Å². The zero-order valence-corrected chi connectivity index (χ0v) is 17.9. The molecule has 0 aromatic heterocycles. The highest BCUT2D eigenvalue weighted by atomic mass is 17.3. The van der Waals surface area contributed by atoms with E-state index in [4.69, 9.17) is 25.0 Å². The lowest BCUT2D eigenvalue weighted by Gasteiger charge is -2.57. The summed E-state index contributed by atoms with van der Waals surface area (Å²) in [5, 5.41) is 0. The van der Waals surface area contributed by atoms with E-state index in [1.807, 2.05) is 6.07 Å². The van der Waals surface area contributed by atoms with Gasteiger partial charge in [0, 0.05) is 24.7 Å². The molecule has 5 nitrogen and oxygen atoms in total. The van der Waals surface area contributed by atoms with Crippen LogP contribution in [0.4, 0.5) is 0 Å². The monoisotopic (exact) mass is 413 g/mol. The normalized spacial score (nSPS) is 44.2. The van der Waals surface area contributed by atoms with Gasteiger partial charge in [-0.15, -0.1) is 0 Å². The van der Waals surface area contributed by atoms with Crippen molar-refractivity contribution < 1.29 is 19.2 Å². The average molecular weight is 414 g/mol. The van der Waals surface area contributed by atoms with E-state index < -0.39 is 11.6 Å². The van der Waals surface area contributed by atoms with Crippen LogP contribution in [0, 0.1) is 23.7 Å². The Balaban J connectivity index is 1.11. The fourth-order valence-corrected chi connectivity index (χ4v) is 7.32. The second-order valence-corrected chi connectivity index (χ2v) is 10.5. The highest BCUT2D eigenvalue weighted by molar-refractivity contribution is 5.31. The average Bonchev–Trinajstić information content (AvgIpc) is 3.13. The van der Waals surface area contributed by atoms with Crippen molar-refractivity contribution in [2.75, 3.05) is 13.2 Å². The van der Waals surface area contributed by atoms with Crippen molar-refractivity contribution in [2.24, 2.45) is 29.4 Å². The third kappa shape index (κ3) is 3.21. The molecule has 6 aliphatic rings. The minimum absolute atomic E-state index is 0.447. The van der Waals surface area contributed by atoms with Gasteiger partial charge in [-0.1, -0.05) is 12.1 Å². The van der Waals surface area contributed by atoms with Gasteiger partial charge in [0.05, 0.1) is 6.61 Å².